The second-order valence-corrected chi connectivity index (χ2v) is 39.8. The van der Waals surface area contributed by atoms with E-state index in [9.17, 15) is 69.9 Å². The van der Waals surface area contributed by atoms with Gasteiger partial charge in [0.15, 0.2) is 8.32 Å². The van der Waals surface area contributed by atoms with Gasteiger partial charge in [-0.1, -0.05) is 102 Å². The maximum atomic E-state index is 12.9. The number of hydrogen-bond acceptors (Lipinski definition) is 27. The average molecular weight is 1800 g/mol. The lowest BCUT2D eigenvalue weighted by molar-refractivity contribution is -0.386. The number of benzene rings is 3. The Morgan fingerprint density at radius 1 is 0.589 bits per heavy atom. The first-order valence-corrected chi connectivity index (χ1v) is 41.5. The Kier molecular flexibility index (Phi) is 31.2. The largest absolute Gasteiger partial charge is 0.411 e. The Labute approximate surface area is 677 Å². The minimum Gasteiger partial charge on any atom is -0.411 e. The first kappa shape index (κ1) is 91.5. The summed E-state index contributed by atoms with van der Waals surface area (Å²) in [5, 5.41) is 74.2. The minimum absolute atomic E-state index is 0.000582. The second-order valence-electron chi connectivity index (χ2n) is 32.6. The van der Waals surface area contributed by atoms with Crippen molar-refractivity contribution in [1.29, 1.82) is 0 Å². The number of aliphatic hydroxyl groups is 4. The summed E-state index contributed by atoms with van der Waals surface area (Å²) in [6.45, 7) is 30.8. The summed E-state index contributed by atoms with van der Waals surface area (Å²) in [7, 11) is -2.06. The fourth-order valence-corrected chi connectivity index (χ4v) is 15.0. The summed E-state index contributed by atoms with van der Waals surface area (Å²) in [6.07, 6.45) is -1.34. The zero-order chi connectivity index (χ0) is 83.6. The van der Waals surface area contributed by atoms with Crippen molar-refractivity contribution in [3.8, 4) is 11.8 Å². The van der Waals surface area contributed by atoms with Gasteiger partial charge in [0.1, 0.15) is 54.1 Å². The Hall–Kier alpha value is -7.63. The molecule has 3 aromatic heterocycles. The summed E-state index contributed by atoms with van der Waals surface area (Å²) in [4.78, 5) is 94.9. The molecule has 3 unspecified atom stereocenters. The van der Waals surface area contributed by atoms with E-state index in [0.717, 1.165) is 13.6 Å². The summed E-state index contributed by atoms with van der Waals surface area (Å²) in [5.41, 5.74) is 17.5. The van der Waals surface area contributed by atoms with Crippen molar-refractivity contribution in [3.63, 3.8) is 0 Å². The molecule has 612 valence electrons. The van der Waals surface area contributed by atoms with Gasteiger partial charge in [-0.25, -0.2) is 14.4 Å². The zero-order valence-corrected chi connectivity index (χ0v) is 71.2. The molecule has 3 saturated heterocycles. The fraction of sp³-hybridized carbons (Fsp3) is 0.566. The van der Waals surface area contributed by atoms with E-state index in [4.69, 9.17) is 50.0 Å². The molecule has 0 spiro atoms. The molecule has 0 saturated carbocycles. The number of nitro benzene ring substituents is 3. The van der Waals surface area contributed by atoms with Gasteiger partial charge in [-0.05, 0) is 129 Å². The van der Waals surface area contributed by atoms with Crippen LogP contribution in [-0.2, 0) is 57.5 Å². The molecule has 0 radical (unpaired) electrons. The third-order valence-corrected chi connectivity index (χ3v) is 25.4. The Bertz CT molecular complexity index is 4620. The predicted molar refractivity (Wildman–Crippen MR) is 435 cm³/mol. The van der Waals surface area contributed by atoms with Crippen LogP contribution in [0.15, 0.2) is 87.6 Å². The number of nitrogen functional groups attached to an aromatic ring is 3. The maximum absolute atomic E-state index is 12.9. The molecule has 36 heteroatoms. The van der Waals surface area contributed by atoms with E-state index < -0.39 is 119 Å². The molecular formula is C76H104I2N12O21Si. The monoisotopic (exact) mass is 1800 g/mol. The quantitative estimate of drug-likeness (QED) is 0.00920. The highest BCUT2D eigenvalue weighted by molar-refractivity contribution is 14.1. The molecule has 0 aliphatic carbocycles. The van der Waals surface area contributed by atoms with E-state index in [1.165, 1.54) is 51.2 Å². The van der Waals surface area contributed by atoms with Crippen LogP contribution in [0.1, 0.15) is 211 Å². The van der Waals surface area contributed by atoms with Crippen molar-refractivity contribution in [1.82, 2.24) is 28.7 Å². The number of rotatable bonds is 25. The smallest absolute Gasteiger partial charge is 0.351 e. The van der Waals surface area contributed by atoms with Crippen LogP contribution in [0.5, 0.6) is 0 Å². The normalized spacial score (nSPS) is 20.8. The molecule has 3 aromatic carbocycles. The molecule has 3 fully saturated rings. The second kappa shape index (κ2) is 38.2. The number of carbonyl (C=O) groups excluding carboxylic acids is 1. The highest BCUT2D eigenvalue weighted by Crippen LogP contribution is 2.46. The van der Waals surface area contributed by atoms with Gasteiger partial charge in [0, 0.05) is 98.3 Å². The average Bonchev–Trinajstić information content (AvgIpc) is 1.40. The topological polar surface area (TPSA) is 475 Å². The number of aliphatic hydroxyl groups excluding tert-OH is 4. The van der Waals surface area contributed by atoms with Crippen LogP contribution in [0, 0.1) is 65.6 Å². The van der Waals surface area contributed by atoms with Gasteiger partial charge in [-0.15, -0.1) is 0 Å². The number of carbonyl (C=O) groups is 1. The number of nitrogens with two attached hydrogens (primary N) is 3. The molecule has 9 rings (SSSR count). The number of anilines is 3. The van der Waals surface area contributed by atoms with Crippen LogP contribution in [0.2, 0.25) is 18.1 Å². The van der Waals surface area contributed by atoms with E-state index in [-0.39, 0.29) is 102 Å². The zero-order valence-electron chi connectivity index (χ0n) is 65.9. The van der Waals surface area contributed by atoms with Crippen LogP contribution < -0.4 is 34.3 Å². The molecule has 112 heavy (non-hydrogen) atoms. The molecule has 6 heterocycles. The van der Waals surface area contributed by atoms with Gasteiger partial charge >= 0.3 is 17.1 Å². The van der Waals surface area contributed by atoms with Crippen LogP contribution in [0.4, 0.5) is 34.5 Å². The van der Waals surface area contributed by atoms with Crippen LogP contribution in [0.25, 0.3) is 0 Å². The number of ether oxygens (including phenoxy) is 6. The van der Waals surface area contributed by atoms with Crippen LogP contribution in [-0.4, -0.2) is 128 Å². The minimum atomic E-state index is -2.06. The number of halogens is 2. The van der Waals surface area contributed by atoms with E-state index in [1.807, 2.05) is 91.0 Å². The maximum Gasteiger partial charge on any atom is 0.351 e. The molecule has 33 nitrogen and oxygen atoms in total. The molecule has 12 atom stereocenters. The van der Waals surface area contributed by atoms with Gasteiger partial charge in [0.2, 0.25) is 0 Å². The van der Waals surface area contributed by atoms with Crippen molar-refractivity contribution in [2.45, 2.75) is 247 Å². The van der Waals surface area contributed by atoms with Crippen LogP contribution >= 0.6 is 45.2 Å². The van der Waals surface area contributed by atoms with Crippen molar-refractivity contribution in [2.75, 3.05) is 30.4 Å². The number of Topliss-reactive ketones (excluding diaryl/α,β-unsaturated/α-hetero) is 1. The summed E-state index contributed by atoms with van der Waals surface area (Å²) in [5.74, 6) is 5.71. The van der Waals surface area contributed by atoms with Crippen molar-refractivity contribution in [2.24, 2.45) is 16.2 Å². The Balaban J connectivity index is 0.000000234. The van der Waals surface area contributed by atoms with E-state index in [1.54, 1.807) is 36.5 Å². The predicted octanol–water partition coefficient (Wildman–Crippen LogP) is 11.4. The van der Waals surface area contributed by atoms with Gasteiger partial charge < -0.3 is 70.5 Å². The van der Waals surface area contributed by atoms with Gasteiger partial charge in [0.25, 0.3) is 17.1 Å². The lowest BCUT2D eigenvalue weighted by atomic mass is 9.83. The summed E-state index contributed by atoms with van der Waals surface area (Å²) < 4.78 is 48.1. The number of ketones is 1. The lowest BCUT2D eigenvalue weighted by Crippen LogP contribution is -2.45. The summed E-state index contributed by atoms with van der Waals surface area (Å²) >= 11 is 4.07. The first-order valence-electron chi connectivity index (χ1n) is 36.4. The van der Waals surface area contributed by atoms with Gasteiger partial charge in [-0.3, -0.25) is 48.8 Å². The third kappa shape index (κ3) is 23.5. The van der Waals surface area contributed by atoms with Crippen molar-refractivity contribution < 1.29 is 72.8 Å². The fourth-order valence-electron chi connectivity index (χ4n) is 12.7. The van der Waals surface area contributed by atoms with E-state index >= 15 is 0 Å². The number of hydrogen-bond donors (Lipinski definition) is 7. The molecule has 0 bridgehead atoms. The van der Waals surface area contributed by atoms with E-state index in [2.05, 4.69) is 90.2 Å². The van der Waals surface area contributed by atoms with Crippen molar-refractivity contribution >= 4 is 93.8 Å². The third-order valence-electron chi connectivity index (χ3n) is 19.6. The number of nitrogens with zero attached hydrogens (tertiary/aromatic N) is 9. The number of aromatic nitrogens is 6. The van der Waals surface area contributed by atoms with Crippen molar-refractivity contribution in [3.05, 3.63) is 181 Å². The molecule has 0 amide bonds. The van der Waals surface area contributed by atoms with Gasteiger partial charge in [-0.2, -0.15) is 15.0 Å². The van der Waals surface area contributed by atoms with Crippen LogP contribution in [0.3, 0.4) is 0 Å². The van der Waals surface area contributed by atoms with E-state index in [0.29, 0.717) is 58.2 Å². The first-order chi connectivity index (χ1) is 52.1. The molecule has 3 aliphatic rings. The molecule has 10 N–H and O–H groups in total. The number of nitro groups is 3. The molecular weight excluding hydrogens is 1700 g/mol. The highest BCUT2D eigenvalue weighted by atomic mass is 127. The standard InChI is InChI=1S/C28H43IN4O6Si.C27H34N4O8.C21H27IN4O7/c1-10-21-22(39-40(8,9)28(5,6)7)14-23(38-21)32-15-17(25(30)31-26(32)34)16-37-24(27(2,3)4)19-12-11-18(29)13-20(19)33(35)36;1-16(33)7-5-6-8-17-9-10-19(20(11-17)31(36)37)24(27(2,3)4)38-15-18-13-30(26(35)29-25(18)28)23-12-21(34)22(14-32)39-23;1-21(2,3)18(13-5-4-12(22)6-14(13)26(30)31)32-10-11-8-25(20(29)24-19(11)23)17-7-15(28)16(9-27)33-17/h11-13,15,21-24H,10,14,16H2,1-9H3,(H2,30,31,34);9-11,13,21-24,32,34H,5,7,12,14-15H2,1-4H3,(H2,28,29,35);4-6,8,15-18,27-28H,7,9-10H2,1-3H3,(H2,23,24,29)/t21-,22?,23-,24+;21?,22-,23-,24+;15?,16-,17-,18+/m111/s1. The summed E-state index contributed by atoms with van der Waals surface area (Å²) in [6, 6.07) is 14.7. The Morgan fingerprint density at radius 3 is 1.24 bits per heavy atom. The SMILES string of the molecule is CC(=O)CCC#Cc1ccc([C@H](OCc2cn([C@H]3CC(O)[C@@H](CO)O3)c(=O)nc2N)C(C)(C)C)c([N+](=O)[O-])c1.CC(C)(C)[C@@H](OCc1cn([C@H]2CC(O)[C@@H](CO)O2)c(=O)nc1N)c1ccc(I)cc1[N+](=O)[O-].CC[C@H]1O[C@@H](n2cc(CO[C@@H](c3ccc(I)cc3[N+](=O)[O-])C(C)(C)C)c(N)nc2=O)CC1O[Si](C)(C)C(C)(C)C. The lowest BCUT2D eigenvalue weighted by Gasteiger charge is -2.39. The highest BCUT2D eigenvalue weighted by Gasteiger charge is 2.46. The van der Waals surface area contributed by atoms with Gasteiger partial charge in [0.05, 0.1) is 107 Å². The molecule has 3 aliphatic heterocycles. The molecule has 6 aromatic rings. The Morgan fingerprint density at radius 2 is 0.929 bits per heavy atom.